The van der Waals surface area contributed by atoms with E-state index < -0.39 is 0 Å². The lowest BCUT2D eigenvalue weighted by atomic mass is 10.0. The number of nitrogens with zero attached hydrogens (tertiary/aromatic N) is 1. The maximum absolute atomic E-state index is 9.83. The number of rotatable bonds is 3. The molecule has 2 nitrogen and oxygen atoms in total. The predicted molar refractivity (Wildman–Crippen MR) is 62.2 cm³/mol. The summed E-state index contributed by atoms with van der Waals surface area (Å²) in [6.07, 6.45) is 1.58. The Bertz CT molecular complexity index is 207. The molecule has 0 aliphatic carbocycles. The Morgan fingerprint density at radius 2 is 1.71 bits per heavy atom. The van der Waals surface area contributed by atoms with Crippen LogP contribution >= 0.6 is 0 Å². The van der Waals surface area contributed by atoms with Crippen molar-refractivity contribution in [1.82, 2.24) is 0 Å². The van der Waals surface area contributed by atoms with Gasteiger partial charge in [0.2, 0.25) is 0 Å². The van der Waals surface area contributed by atoms with Crippen LogP contribution in [0.1, 0.15) is 34.6 Å². The topological polar surface area (TPSA) is 20.2 Å². The summed E-state index contributed by atoms with van der Waals surface area (Å²) < 4.78 is 0.817. The molecule has 2 heteroatoms. The predicted octanol–water partition coefficient (Wildman–Crippen LogP) is 2.19. The van der Waals surface area contributed by atoms with Crippen LogP contribution in [0.3, 0.4) is 0 Å². The van der Waals surface area contributed by atoms with E-state index in [-0.39, 0.29) is 11.6 Å². The van der Waals surface area contributed by atoms with Crippen molar-refractivity contribution >= 4 is 0 Å². The highest BCUT2D eigenvalue weighted by Crippen LogP contribution is 2.19. The molecule has 0 aromatic carbocycles. The second kappa shape index (κ2) is 4.45. The van der Waals surface area contributed by atoms with Crippen molar-refractivity contribution in [2.45, 2.75) is 46.3 Å². The Morgan fingerprint density at radius 1 is 1.29 bits per heavy atom. The first-order valence-electron chi connectivity index (χ1n) is 5.22. The summed E-state index contributed by atoms with van der Waals surface area (Å²) in [7, 11) is 4.31. The third-order valence-electron chi connectivity index (χ3n) is 2.99. The molecule has 84 valence electrons. The van der Waals surface area contributed by atoms with E-state index >= 15 is 0 Å². The molecule has 1 atom stereocenters. The second-order valence-corrected chi connectivity index (χ2v) is 5.85. The molecular formula is C12H26NO+. The van der Waals surface area contributed by atoms with Crippen LogP contribution in [-0.2, 0) is 0 Å². The van der Waals surface area contributed by atoms with Gasteiger partial charge in [-0.3, -0.25) is 0 Å². The van der Waals surface area contributed by atoms with Gasteiger partial charge in [-0.15, -0.1) is 0 Å². The summed E-state index contributed by atoms with van der Waals surface area (Å²) in [4.78, 5) is 0. The monoisotopic (exact) mass is 200 g/mol. The van der Waals surface area contributed by atoms with Crippen LogP contribution in [0.5, 0.6) is 0 Å². The first-order chi connectivity index (χ1) is 6.06. The molecule has 0 heterocycles. The standard InChI is InChI=1S/C12H26NO/c1-10(2)8-11(14)9-13(6,7)12(3,4)5/h8,11,14H,9H2,1-7H3/q+1. The average Bonchev–Trinajstić information content (AvgIpc) is 1.79. The first kappa shape index (κ1) is 13.7. The molecular weight excluding hydrogens is 174 g/mol. The van der Waals surface area contributed by atoms with Crippen molar-refractivity contribution < 1.29 is 9.59 Å². The van der Waals surface area contributed by atoms with Crippen LogP contribution in [-0.4, -0.2) is 41.9 Å². The molecule has 0 spiro atoms. The summed E-state index contributed by atoms with van der Waals surface area (Å²) >= 11 is 0. The minimum Gasteiger partial charge on any atom is -0.383 e. The fourth-order valence-electron chi connectivity index (χ4n) is 1.18. The lowest BCUT2D eigenvalue weighted by Gasteiger charge is -2.43. The van der Waals surface area contributed by atoms with Crippen LogP contribution in [0.2, 0.25) is 0 Å². The van der Waals surface area contributed by atoms with Crippen molar-refractivity contribution in [3.8, 4) is 0 Å². The second-order valence-electron chi connectivity index (χ2n) is 5.85. The van der Waals surface area contributed by atoms with Crippen molar-refractivity contribution in [3.63, 3.8) is 0 Å². The number of aliphatic hydroxyl groups excluding tert-OH is 1. The van der Waals surface area contributed by atoms with E-state index in [4.69, 9.17) is 0 Å². The SMILES string of the molecule is CC(C)=CC(O)C[N+](C)(C)C(C)(C)C. The Balaban J connectivity index is 4.45. The largest absolute Gasteiger partial charge is 0.383 e. The Kier molecular flexibility index (Phi) is 4.34. The Hall–Kier alpha value is -0.340. The number of hydrogen-bond acceptors (Lipinski definition) is 1. The molecule has 1 unspecified atom stereocenters. The molecule has 0 bridgehead atoms. The van der Waals surface area contributed by atoms with E-state index in [1.165, 1.54) is 5.57 Å². The van der Waals surface area contributed by atoms with Gasteiger partial charge in [-0.25, -0.2) is 0 Å². The van der Waals surface area contributed by atoms with Gasteiger partial charge >= 0.3 is 0 Å². The Morgan fingerprint density at radius 3 is 2.00 bits per heavy atom. The van der Waals surface area contributed by atoms with E-state index in [9.17, 15) is 5.11 Å². The zero-order valence-electron chi connectivity index (χ0n) is 10.8. The molecule has 0 aliphatic rings. The number of likely N-dealkylation sites (N-methyl/N-ethyl adjacent to an activating group) is 1. The first-order valence-corrected chi connectivity index (χ1v) is 5.22. The molecule has 1 N–H and O–H groups in total. The van der Waals surface area contributed by atoms with Crippen LogP contribution in [0.4, 0.5) is 0 Å². The summed E-state index contributed by atoms with van der Waals surface area (Å²) in [6.45, 7) is 11.4. The molecule has 0 fully saturated rings. The zero-order valence-corrected chi connectivity index (χ0v) is 10.8. The molecule has 0 rings (SSSR count). The van der Waals surface area contributed by atoms with E-state index in [2.05, 4.69) is 34.9 Å². The van der Waals surface area contributed by atoms with Gasteiger partial charge in [0.25, 0.3) is 0 Å². The number of allylic oxidation sites excluding steroid dienone is 1. The van der Waals surface area contributed by atoms with Gasteiger partial charge in [0.1, 0.15) is 12.6 Å². The fourth-order valence-corrected chi connectivity index (χ4v) is 1.18. The Labute approximate surface area is 88.8 Å². The summed E-state index contributed by atoms with van der Waals surface area (Å²) in [6, 6.07) is 0. The van der Waals surface area contributed by atoms with E-state index in [1.54, 1.807) is 0 Å². The fraction of sp³-hybridized carbons (Fsp3) is 0.833. The molecule has 0 radical (unpaired) electrons. The van der Waals surface area contributed by atoms with Crippen LogP contribution in [0.25, 0.3) is 0 Å². The van der Waals surface area contributed by atoms with Gasteiger partial charge in [0, 0.05) is 0 Å². The van der Waals surface area contributed by atoms with Crippen molar-refractivity contribution in [2.75, 3.05) is 20.6 Å². The average molecular weight is 200 g/mol. The minimum atomic E-state index is -0.339. The van der Waals surface area contributed by atoms with Crippen molar-refractivity contribution in [1.29, 1.82) is 0 Å². The van der Waals surface area contributed by atoms with E-state index in [0.29, 0.717) is 0 Å². The maximum atomic E-state index is 9.83. The molecule has 0 saturated carbocycles. The van der Waals surface area contributed by atoms with Gasteiger partial charge in [0.05, 0.1) is 19.6 Å². The summed E-state index contributed by atoms with van der Waals surface area (Å²) in [5.41, 5.74) is 1.34. The third kappa shape index (κ3) is 4.25. The van der Waals surface area contributed by atoms with Gasteiger partial charge in [-0.2, -0.15) is 0 Å². The van der Waals surface area contributed by atoms with Crippen LogP contribution < -0.4 is 0 Å². The quantitative estimate of drug-likeness (QED) is 0.547. The number of aliphatic hydroxyl groups is 1. The lowest BCUT2D eigenvalue weighted by molar-refractivity contribution is -0.937. The van der Waals surface area contributed by atoms with Crippen molar-refractivity contribution in [2.24, 2.45) is 0 Å². The number of hydrogen-bond donors (Lipinski definition) is 1. The smallest absolute Gasteiger partial charge is 0.121 e. The van der Waals surface area contributed by atoms with Gasteiger partial charge in [-0.1, -0.05) is 11.6 Å². The molecule has 0 aromatic heterocycles. The molecule has 0 saturated heterocycles. The molecule has 0 amide bonds. The normalized spacial score (nSPS) is 15.1. The highest BCUT2D eigenvalue weighted by atomic mass is 16.3. The van der Waals surface area contributed by atoms with Gasteiger partial charge < -0.3 is 9.59 Å². The maximum Gasteiger partial charge on any atom is 0.121 e. The van der Waals surface area contributed by atoms with E-state index in [0.717, 1.165) is 11.0 Å². The van der Waals surface area contributed by atoms with Crippen LogP contribution in [0.15, 0.2) is 11.6 Å². The summed E-state index contributed by atoms with van der Waals surface area (Å²) in [5.74, 6) is 0. The molecule has 0 aromatic rings. The highest BCUT2D eigenvalue weighted by Gasteiger charge is 2.32. The van der Waals surface area contributed by atoms with Gasteiger partial charge in [-0.05, 0) is 34.6 Å². The minimum absolute atomic E-state index is 0.163. The molecule has 0 aliphatic heterocycles. The zero-order chi connectivity index (χ0) is 11.6. The molecule has 14 heavy (non-hydrogen) atoms. The highest BCUT2D eigenvalue weighted by molar-refractivity contribution is 4.97. The van der Waals surface area contributed by atoms with Gasteiger partial charge in [0.15, 0.2) is 0 Å². The van der Waals surface area contributed by atoms with E-state index in [1.807, 2.05) is 19.9 Å². The number of quaternary nitrogens is 1. The van der Waals surface area contributed by atoms with Crippen molar-refractivity contribution in [3.05, 3.63) is 11.6 Å². The summed E-state index contributed by atoms with van der Waals surface area (Å²) in [5, 5.41) is 9.83. The van der Waals surface area contributed by atoms with Crippen LogP contribution in [0, 0.1) is 0 Å². The third-order valence-corrected chi connectivity index (χ3v) is 2.99. The lowest BCUT2D eigenvalue weighted by Crippen LogP contribution is -2.57.